The zero-order valence-electron chi connectivity index (χ0n) is 15.9. The molecule has 1 aromatic carbocycles. The van der Waals surface area contributed by atoms with Crippen LogP contribution in [-0.4, -0.2) is 51.0 Å². The topological polar surface area (TPSA) is 48.1 Å². The Bertz CT molecular complexity index is 825. The van der Waals surface area contributed by atoms with E-state index in [0.29, 0.717) is 5.92 Å². The fourth-order valence-electron chi connectivity index (χ4n) is 3.90. The number of piperidine rings is 1. The van der Waals surface area contributed by atoms with Gasteiger partial charge in [-0.25, -0.2) is 9.67 Å². The summed E-state index contributed by atoms with van der Waals surface area (Å²) in [5.74, 6) is 1.69. The highest BCUT2D eigenvalue weighted by Crippen LogP contribution is 2.27. The number of likely N-dealkylation sites (tertiary alicyclic amines) is 1. The van der Waals surface area contributed by atoms with Crippen molar-refractivity contribution in [2.24, 2.45) is 0 Å². The van der Waals surface area contributed by atoms with E-state index in [1.165, 1.54) is 24.2 Å². The molecule has 0 unspecified atom stereocenters. The number of rotatable bonds is 7. The molecule has 0 aliphatic carbocycles. The van der Waals surface area contributed by atoms with Gasteiger partial charge in [0.15, 0.2) is 0 Å². The van der Waals surface area contributed by atoms with Crippen molar-refractivity contribution in [3.63, 3.8) is 0 Å². The Labute approximate surface area is 160 Å². The minimum Gasteiger partial charge on any atom is -0.383 e. The number of imidazole rings is 1. The van der Waals surface area contributed by atoms with E-state index in [0.717, 1.165) is 38.5 Å². The molecule has 6 heteroatoms. The predicted molar refractivity (Wildman–Crippen MR) is 105 cm³/mol. The maximum atomic E-state index is 5.23. The van der Waals surface area contributed by atoms with Crippen molar-refractivity contribution >= 4 is 0 Å². The molecule has 3 heterocycles. The molecule has 0 saturated carbocycles. The second-order valence-corrected chi connectivity index (χ2v) is 7.16. The summed E-state index contributed by atoms with van der Waals surface area (Å²) < 4.78 is 9.36. The van der Waals surface area contributed by atoms with E-state index in [9.17, 15) is 0 Å². The lowest BCUT2D eigenvalue weighted by Crippen LogP contribution is -2.35. The molecule has 0 radical (unpaired) electrons. The van der Waals surface area contributed by atoms with Crippen LogP contribution in [0, 0.1) is 0 Å². The first-order valence-corrected chi connectivity index (χ1v) is 9.65. The lowest BCUT2D eigenvalue weighted by Gasteiger charge is -2.32. The van der Waals surface area contributed by atoms with Gasteiger partial charge in [-0.2, -0.15) is 5.10 Å². The fraction of sp³-hybridized carbons (Fsp3) is 0.429. The first-order chi connectivity index (χ1) is 13.3. The third kappa shape index (κ3) is 4.28. The minimum absolute atomic E-state index is 0.494. The lowest BCUT2D eigenvalue weighted by atomic mass is 9.96. The van der Waals surface area contributed by atoms with E-state index in [4.69, 9.17) is 4.74 Å². The molecule has 1 aliphatic rings. The Balaban J connectivity index is 1.39. The molecule has 1 aliphatic heterocycles. The molecule has 1 fully saturated rings. The highest BCUT2D eigenvalue weighted by atomic mass is 16.5. The summed E-state index contributed by atoms with van der Waals surface area (Å²) in [6, 6.07) is 10.6. The van der Waals surface area contributed by atoms with Crippen LogP contribution in [0.15, 0.2) is 55.1 Å². The van der Waals surface area contributed by atoms with Gasteiger partial charge in [0.25, 0.3) is 0 Å². The molecule has 0 amide bonds. The highest BCUT2D eigenvalue weighted by Gasteiger charge is 2.24. The van der Waals surface area contributed by atoms with Crippen LogP contribution in [-0.2, 0) is 17.8 Å². The lowest BCUT2D eigenvalue weighted by molar-refractivity contribution is 0.177. The molecule has 4 rings (SSSR count). The van der Waals surface area contributed by atoms with Crippen molar-refractivity contribution in [3.8, 4) is 5.69 Å². The Morgan fingerprint density at radius 2 is 2.04 bits per heavy atom. The van der Waals surface area contributed by atoms with Gasteiger partial charge in [0.05, 0.1) is 12.3 Å². The van der Waals surface area contributed by atoms with Crippen LogP contribution >= 0.6 is 0 Å². The Kier molecular flexibility index (Phi) is 5.65. The zero-order valence-corrected chi connectivity index (χ0v) is 15.9. The van der Waals surface area contributed by atoms with E-state index in [-0.39, 0.29) is 0 Å². The van der Waals surface area contributed by atoms with Crippen LogP contribution in [0.1, 0.15) is 30.1 Å². The molecule has 1 saturated heterocycles. The van der Waals surface area contributed by atoms with Gasteiger partial charge < -0.3 is 9.30 Å². The van der Waals surface area contributed by atoms with Gasteiger partial charge in [0.1, 0.15) is 5.82 Å². The van der Waals surface area contributed by atoms with E-state index in [1.807, 2.05) is 23.1 Å². The van der Waals surface area contributed by atoms with Gasteiger partial charge in [-0.1, -0.05) is 12.1 Å². The fourth-order valence-corrected chi connectivity index (χ4v) is 3.90. The van der Waals surface area contributed by atoms with Crippen molar-refractivity contribution in [3.05, 3.63) is 66.5 Å². The van der Waals surface area contributed by atoms with Gasteiger partial charge in [0, 0.05) is 57.4 Å². The molecule has 2 aromatic heterocycles. The molecule has 0 N–H and O–H groups in total. The average molecular weight is 365 g/mol. The standard InChI is InChI=1S/C21H27N5O/c1-27-15-14-25-13-10-22-21(25)19-4-2-11-24(17-19)16-18-5-7-20(8-6-18)26-12-3-9-23-26/h3,5-10,12-13,19H,2,4,11,14-17H2,1H3/t19-/m1/s1. The number of methoxy groups -OCH3 is 1. The molecule has 1 atom stereocenters. The number of ether oxygens (including phenoxy) is 1. The number of hydrogen-bond acceptors (Lipinski definition) is 4. The summed E-state index contributed by atoms with van der Waals surface area (Å²) in [6.07, 6.45) is 10.2. The summed E-state index contributed by atoms with van der Waals surface area (Å²) in [7, 11) is 1.75. The quantitative estimate of drug-likeness (QED) is 0.646. The van der Waals surface area contributed by atoms with Crippen LogP contribution in [0.25, 0.3) is 5.69 Å². The zero-order chi connectivity index (χ0) is 18.5. The summed E-state index contributed by atoms with van der Waals surface area (Å²) in [6.45, 7) is 4.79. The third-order valence-electron chi connectivity index (χ3n) is 5.27. The Morgan fingerprint density at radius 1 is 1.15 bits per heavy atom. The Morgan fingerprint density at radius 3 is 2.81 bits per heavy atom. The molecule has 0 spiro atoms. The normalized spacial score (nSPS) is 18.0. The van der Waals surface area contributed by atoms with Crippen molar-refractivity contribution in [1.29, 1.82) is 0 Å². The largest absolute Gasteiger partial charge is 0.383 e. The van der Waals surface area contributed by atoms with Crippen LogP contribution in [0.4, 0.5) is 0 Å². The second-order valence-electron chi connectivity index (χ2n) is 7.16. The molecule has 3 aromatic rings. The monoisotopic (exact) mass is 365 g/mol. The van der Waals surface area contributed by atoms with Crippen LogP contribution in [0.2, 0.25) is 0 Å². The van der Waals surface area contributed by atoms with Gasteiger partial charge in [-0.3, -0.25) is 4.90 Å². The number of aromatic nitrogens is 4. The van der Waals surface area contributed by atoms with Crippen LogP contribution in [0.3, 0.4) is 0 Å². The SMILES string of the molecule is COCCn1ccnc1[C@@H]1CCCN(Cc2ccc(-n3cccn3)cc2)C1. The van der Waals surface area contributed by atoms with Crippen molar-refractivity contribution in [2.45, 2.75) is 31.8 Å². The highest BCUT2D eigenvalue weighted by molar-refractivity contribution is 5.33. The van der Waals surface area contributed by atoms with Crippen LogP contribution < -0.4 is 0 Å². The number of hydrogen-bond donors (Lipinski definition) is 0. The smallest absolute Gasteiger partial charge is 0.113 e. The van der Waals surface area contributed by atoms with Gasteiger partial charge in [-0.15, -0.1) is 0 Å². The van der Waals surface area contributed by atoms with Gasteiger partial charge >= 0.3 is 0 Å². The Hall–Kier alpha value is -2.44. The van der Waals surface area contributed by atoms with E-state index in [1.54, 1.807) is 13.3 Å². The minimum atomic E-state index is 0.494. The van der Waals surface area contributed by atoms with Crippen molar-refractivity contribution < 1.29 is 4.74 Å². The van der Waals surface area contributed by atoms with Gasteiger partial charge in [-0.05, 0) is 43.1 Å². The average Bonchev–Trinajstić information content (AvgIpc) is 3.39. The van der Waals surface area contributed by atoms with Crippen LogP contribution in [0.5, 0.6) is 0 Å². The van der Waals surface area contributed by atoms with Gasteiger partial charge in [0.2, 0.25) is 0 Å². The van der Waals surface area contributed by atoms with Crippen molar-refractivity contribution in [1.82, 2.24) is 24.2 Å². The first-order valence-electron chi connectivity index (χ1n) is 9.65. The maximum absolute atomic E-state index is 5.23. The van der Waals surface area contributed by atoms with E-state index >= 15 is 0 Å². The molecule has 6 nitrogen and oxygen atoms in total. The summed E-state index contributed by atoms with van der Waals surface area (Å²) in [5, 5.41) is 4.29. The number of benzene rings is 1. The first kappa shape index (κ1) is 17.9. The summed E-state index contributed by atoms with van der Waals surface area (Å²) in [5.41, 5.74) is 2.44. The van der Waals surface area contributed by atoms with Crippen molar-refractivity contribution in [2.75, 3.05) is 26.8 Å². The summed E-state index contributed by atoms with van der Waals surface area (Å²) in [4.78, 5) is 7.19. The maximum Gasteiger partial charge on any atom is 0.113 e. The number of nitrogens with zero attached hydrogens (tertiary/aromatic N) is 5. The molecule has 0 bridgehead atoms. The third-order valence-corrected chi connectivity index (χ3v) is 5.27. The van der Waals surface area contributed by atoms with E-state index < -0.39 is 0 Å². The van der Waals surface area contributed by atoms with E-state index in [2.05, 4.69) is 50.0 Å². The molecular weight excluding hydrogens is 338 g/mol. The predicted octanol–water partition coefficient (Wildman–Crippen LogP) is 3.09. The molecule has 27 heavy (non-hydrogen) atoms. The molecule has 142 valence electrons. The second kappa shape index (κ2) is 8.50. The summed E-state index contributed by atoms with van der Waals surface area (Å²) >= 11 is 0. The molecular formula is C21H27N5O.